The number of hydrogen-bond acceptors (Lipinski definition) is 2. The van der Waals surface area contributed by atoms with Gasteiger partial charge in [-0.25, -0.2) is 0 Å². The van der Waals surface area contributed by atoms with Crippen molar-refractivity contribution in [3.8, 4) is 0 Å². The molecule has 0 radical (unpaired) electrons. The van der Waals surface area contributed by atoms with Crippen LogP contribution in [0, 0.1) is 11.8 Å². The molecule has 2 heterocycles. The fourth-order valence-corrected chi connectivity index (χ4v) is 2.41. The average molecular weight is 208 g/mol. The molecule has 0 amide bonds. The highest BCUT2D eigenvalue weighted by Gasteiger charge is 2.28. The Labute approximate surface area is 93.7 Å². The molecule has 86 valence electrons. The van der Waals surface area contributed by atoms with Crippen molar-refractivity contribution in [1.82, 2.24) is 10.2 Å². The van der Waals surface area contributed by atoms with Gasteiger partial charge >= 0.3 is 0 Å². The molecule has 15 heavy (non-hydrogen) atoms. The topological polar surface area (TPSA) is 15.3 Å². The molecule has 0 spiro atoms. The van der Waals surface area contributed by atoms with Gasteiger partial charge in [0, 0.05) is 26.2 Å². The first-order valence-corrected chi connectivity index (χ1v) is 6.36. The predicted octanol–water partition coefficient (Wildman–Crippen LogP) is 1.88. The lowest BCUT2D eigenvalue weighted by molar-refractivity contribution is 0.0697. The lowest BCUT2D eigenvalue weighted by Crippen LogP contribution is -2.49. The van der Waals surface area contributed by atoms with Crippen LogP contribution in [0.1, 0.15) is 26.7 Å². The molecule has 0 atom stereocenters. The van der Waals surface area contributed by atoms with Gasteiger partial charge in [-0.05, 0) is 31.2 Å². The summed E-state index contributed by atoms with van der Waals surface area (Å²) in [6.07, 6.45) is 4.94. The second kappa shape index (κ2) is 5.13. The highest BCUT2D eigenvalue weighted by Crippen LogP contribution is 2.24. The zero-order valence-electron chi connectivity index (χ0n) is 10.1. The molecule has 1 N–H and O–H groups in total. The second-order valence-electron chi connectivity index (χ2n) is 5.33. The molecule has 2 aliphatic rings. The second-order valence-corrected chi connectivity index (χ2v) is 5.33. The SMILES string of the molecule is CC(C)C1CN(CCC2=CCNCC2)C1. The molecule has 0 unspecified atom stereocenters. The van der Waals surface area contributed by atoms with Crippen LogP contribution in [0.4, 0.5) is 0 Å². The van der Waals surface area contributed by atoms with Crippen molar-refractivity contribution in [2.45, 2.75) is 26.7 Å². The lowest BCUT2D eigenvalue weighted by atomic mass is 9.88. The molecular formula is C13H24N2. The number of nitrogens with one attached hydrogen (secondary N) is 1. The third-order valence-electron chi connectivity index (χ3n) is 3.84. The minimum Gasteiger partial charge on any atom is -0.313 e. The Morgan fingerprint density at radius 2 is 2.27 bits per heavy atom. The number of nitrogens with zero attached hydrogens (tertiary/aromatic N) is 1. The minimum atomic E-state index is 0.874. The maximum atomic E-state index is 3.36. The van der Waals surface area contributed by atoms with E-state index in [1.165, 1.54) is 39.0 Å². The Hall–Kier alpha value is -0.340. The van der Waals surface area contributed by atoms with Gasteiger partial charge in [0.2, 0.25) is 0 Å². The Kier molecular flexibility index (Phi) is 3.81. The van der Waals surface area contributed by atoms with Gasteiger partial charge < -0.3 is 10.2 Å². The van der Waals surface area contributed by atoms with Crippen LogP contribution in [0.15, 0.2) is 11.6 Å². The number of rotatable bonds is 4. The van der Waals surface area contributed by atoms with E-state index >= 15 is 0 Å². The summed E-state index contributed by atoms with van der Waals surface area (Å²) in [5.74, 6) is 1.84. The summed E-state index contributed by atoms with van der Waals surface area (Å²) in [6.45, 7) is 10.9. The van der Waals surface area contributed by atoms with Crippen molar-refractivity contribution in [2.24, 2.45) is 11.8 Å². The van der Waals surface area contributed by atoms with Crippen LogP contribution in [-0.4, -0.2) is 37.6 Å². The molecule has 2 heteroatoms. The average Bonchev–Trinajstić information content (AvgIpc) is 2.16. The summed E-state index contributed by atoms with van der Waals surface area (Å²) in [5.41, 5.74) is 1.67. The van der Waals surface area contributed by atoms with Crippen molar-refractivity contribution < 1.29 is 0 Å². The third-order valence-corrected chi connectivity index (χ3v) is 3.84. The van der Waals surface area contributed by atoms with Gasteiger partial charge in [0.1, 0.15) is 0 Å². The molecule has 2 nitrogen and oxygen atoms in total. The van der Waals surface area contributed by atoms with Crippen molar-refractivity contribution in [3.63, 3.8) is 0 Å². The van der Waals surface area contributed by atoms with Crippen molar-refractivity contribution >= 4 is 0 Å². The van der Waals surface area contributed by atoms with E-state index in [1.54, 1.807) is 5.57 Å². The van der Waals surface area contributed by atoms with Gasteiger partial charge in [0.15, 0.2) is 0 Å². The standard InChI is InChI=1S/C13H24N2/c1-11(2)13-9-15(10-13)8-5-12-3-6-14-7-4-12/h3,11,13-14H,4-10H2,1-2H3. The molecule has 0 aromatic carbocycles. The highest BCUT2D eigenvalue weighted by atomic mass is 15.2. The minimum absolute atomic E-state index is 0.874. The fraction of sp³-hybridized carbons (Fsp3) is 0.846. The predicted molar refractivity (Wildman–Crippen MR) is 65.0 cm³/mol. The van der Waals surface area contributed by atoms with Crippen LogP contribution < -0.4 is 5.32 Å². The molecule has 1 saturated heterocycles. The van der Waals surface area contributed by atoms with Crippen LogP contribution in [-0.2, 0) is 0 Å². The largest absolute Gasteiger partial charge is 0.313 e. The van der Waals surface area contributed by atoms with E-state index < -0.39 is 0 Å². The summed E-state index contributed by atoms with van der Waals surface area (Å²) >= 11 is 0. The fourth-order valence-electron chi connectivity index (χ4n) is 2.41. The van der Waals surface area contributed by atoms with E-state index in [9.17, 15) is 0 Å². The van der Waals surface area contributed by atoms with Crippen LogP contribution in [0.5, 0.6) is 0 Å². The van der Waals surface area contributed by atoms with Crippen LogP contribution in [0.2, 0.25) is 0 Å². The summed E-state index contributed by atoms with van der Waals surface area (Å²) in [6, 6.07) is 0. The van der Waals surface area contributed by atoms with Gasteiger partial charge in [-0.15, -0.1) is 0 Å². The Balaban J connectivity index is 1.61. The smallest absolute Gasteiger partial charge is 0.0137 e. The van der Waals surface area contributed by atoms with E-state index in [2.05, 4.69) is 30.1 Å². The van der Waals surface area contributed by atoms with E-state index in [0.717, 1.165) is 18.4 Å². The van der Waals surface area contributed by atoms with Crippen LogP contribution in [0.25, 0.3) is 0 Å². The molecule has 2 rings (SSSR count). The molecule has 1 fully saturated rings. The molecular weight excluding hydrogens is 184 g/mol. The van der Waals surface area contributed by atoms with Crippen LogP contribution >= 0.6 is 0 Å². The Morgan fingerprint density at radius 3 is 2.87 bits per heavy atom. The zero-order valence-corrected chi connectivity index (χ0v) is 10.1. The maximum Gasteiger partial charge on any atom is 0.0137 e. The Bertz CT molecular complexity index is 227. The molecule has 0 aromatic heterocycles. The zero-order chi connectivity index (χ0) is 10.7. The van der Waals surface area contributed by atoms with E-state index in [1.807, 2.05) is 0 Å². The van der Waals surface area contributed by atoms with Crippen molar-refractivity contribution in [1.29, 1.82) is 0 Å². The number of likely N-dealkylation sites (tertiary alicyclic amines) is 1. The molecule has 2 aliphatic heterocycles. The molecule has 0 bridgehead atoms. The van der Waals surface area contributed by atoms with Crippen molar-refractivity contribution in [3.05, 3.63) is 11.6 Å². The monoisotopic (exact) mass is 208 g/mol. The first-order chi connectivity index (χ1) is 7.25. The van der Waals surface area contributed by atoms with Gasteiger partial charge in [-0.3, -0.25) is 0 Å². The molecule has 0 aromatic rings. The lowest BCUT2D eigenvalue weighted by Gasteiger charge is -2.42. The first kappa shape index (κ1) is 11.2. The van der Waals surface area contributed by atoms with E-state index in [4.69, 9.17) is 0 Å². The quantitative estimate of drug-likeness (QED) is 0.710. The Morgan fingerprint density at radius 1 is 1.47 bits per heavy atom. The number of hydrogen-bond donors (Lipinski definition) is 1. The van der Waals surface area contributed by atoms with Gasteiger partial charge in [0.25, 0.3) is 0 Å². The maximum absolute atomic E-state index is 3.36. The van der Waals surface area contributed by atoms with E-state index in [-0.39, 0.29) is 0 Å². The summed E-state index contributed by atoms with van der Waals surface area (Å²) in [4.78, 5) is 2.60. The third kappa shape index (κ3) is 3.05. The summed E-state index contributed by atoms with van der Waals surface area (Å²) in [5, 5.41) is 3.36. The molecule has 0 saturated carbocycles. The van der Waals surface area contributed by atoms with Gasteiger partial charge in [-0.1, -0.05) is 25.5 Å². The molecule has 0 aliphatic carbocycles. The van der Waals surface area contributed by atoms with E-state index in [0.29, 0.717) is 0 Å². The van der Waals surface area contributed by atoms with Gasteiger partial charge in [-0.2, -0.15) is 0 Å². The highest BCUT2D eigenvalue weighted by molar-refractivity contribution is 5.07. The van der Waals surface area contributed by atoms with Crippen LogP contribution in [0.3, 0.4) is 0 Å². The summed E-state index contributed by atoms with van der Waals surface area (Å²) in [7, 11) is 0. The normalized spacial score (nSPS) is 24.1. The summed E-state index contributed by atoms with van der Waals surface area (Å²) < 4.78 is 0. The first-order valence-electron chi connectivity index (χ1n) is 6.36. The van der Waals surface area contributed by atoms with Gasteiger partial charge in [0.05, 0.1) is 0 Å². The van der Waals surface area contributed by atoms with Crippen molar-refractivity contribution in [2.75, 3.05) is 32.7 Å².